The highest BCUT2D eigenvalue weighted by Gasteiger charge is 2.19. The number of nitrogens with one attached hydrogen (secondary N) is 3. The number of carbonyl (C=O) groups is 3. The van der Waals surface area contributed by atoms with Crippen LogP contribution >= 0.6 is 23.1 Å². The normalized spacial score (nSPS) is 11.7. The maximum atomic E-state index is 13.5. The van der Waals surface area contributed by atoms with Crippen LogP contribution < -0.4 is 20.7 Å². The van der Waals surface area contributed by atoms with Crippen LogP contribution in [0.1, 0.15) is 22.8 Å². The Bertz CT molecular complexity index is 1980. The molecule has 11 nitrogen and oxygen atoms in total. The van der Waals surface area contributed by atoms with Gasteiger partial charge in [-0.3, -0.25) is 24.5 Å². The number of carbonyl (C=O) groups excluding carboxylic acids is 3. The van der Waals surface area contributed by atoms with Crippen molar-refractivity contribution in [1.82, 2.24) is 10.3 Å². The van der Waals surface area contributed by atoms with Gasteiger partial charge >= 0.3 is 0 Å². The Labute approximate surface area is 284 Å². The fraction of sp³-hybridized carbons (Fsp3) is 0.0857. The molecule has 0 bridgehead atoms. The van der Waals surface area contributed by atoms with Crippen molar-refractivity contribution in [3.05, 3.63) is 135 Å². The van der Waals surface area contributed by atoms with E-state index in [1.54, 1.807) is 62.6 Å². The predicted octanol–water partition coefficient (Wildman–Crippen LogP) is 7.26. The van der Waals surface area contributed by atoms with E-state index in [0.29, 0.717) is 27.7 Å². The Morgan fingerprint density at radius 3 is 2.42 bits per heavy atom. The zero-order chi connectivity index (χ0) is 34.0. The first-order chi connectivity index (χ1) is 23.2. The van der Waals surface area contributed by atoms with Gasteiger partial charge in [0, 0.05) is 39.2 Å². The first kappa shape index (κ1) is 33.6. The average molecular weight is 680 g/mol. The van der Waals surface area contributed by atoms with Crippen molar-refractivity contribution < 1.29 is 24.0 Å². The summed E-state index contributed by atoms with van der Waals surface area (Å²) in [6.07, 6.45) is 1.43. The third-order valence-corrected chi connectivity index (χ3v) is 8.67. The first-order valence-electron chi connectivity index (χ1n) is 14.5. The number of thioether (sulfide) groups is 1. The van der Waals surface area contributed by atoms with E-state index in [9.17, 15) is 24.5 Å². The van der Waals surface area contributed by atoms with E-state index < -0.39 is 22.0 Å². The van der Waals surface area contributed by atoms with Crippen LogP contribution in [0.25, 0.3) is 17.3 Å². The topological polar surface area (TPSA) is 153 Å². The summed E-state index contributed by atoms with van der Waals surface area (Å²) in [5.74, 6) is -0.638. The summed E-state index contributed by atoms with van der Waals surface area (Å²) in [4.78, 5) is 55.2. The van der Waals surface area contributed by atoms with Crippen molar-refractivity contribution in [2.24, 2.45) is 0 Å². The number of benzene rings is 4. The Kier molecular flexibility index (Phi) is 11.0. The molecule has 1 unspecified atom stereocenters. The lowest BCUT2D eigenvalue weighted by Gasteiger charge is -2.13. The minimum Gasteiger partial charge on any atom is -0.497 e. The Hall–Kier alpha value is -5.79. The van der Waals surface area contributed by atoms with Gasteiger partial charge in [-0.25, -0.2) is 4.98 Å². The molecule has 4 aromatic carbocycles. The lowest BCUT2D eigenvalue weighted by Crippen LogP contribution is -2.30. The molecular formula is C35H29N5O6S2. The number of nitrogens with zero attached hydrogens (tertiary/aromatic N) is 2. The molecule has 48 heavy (non-hydrogen) atoms. The number of amides is 3. The van der Waals surface area contributed by atoms with Gasteiger partial charge in [-0.15, -0.1) is 23.1 Å². The lowest BCUT2D eigenvalue weighted by molar-refractivity contribution is -0.384. The van der Waals surface area contributed by atoms with Gasteiger partial charge in [-0.2, -0.15) is 0 Å². The molecule has 1 atom stereocenters. The summed E-state index contributed by atoms with van der Waals surface area (Å²) in [6, 6.07) is 28.5. The van der Waals surface area contributed by atoms with Crippen molar-refractivity contribution in [2.45, 2.75) is 17.1 Å². The van der Waals surface area contributed by atoms with E-state index in [1.165, 1.54) is 53.4 Å². The van der Waals surface area contributed by atoms with E-state index in [0.717, 1.165) is 16.2 Å². The molecule has 1 heterocycles. The maximum absolute atomic E-state index is 13.5. The van der Waals surface area contributed by atoms with Crippen molar-refractivity contribution >= 4 is 63.4 Å². The number of nitro groups is 1. The van der Waals surface area contributed by atoms with E-state index >= 15 is 0 Å². The number of rotatable bonds is 12. The molecule has 13 heteroatoms. The summed E-state index contributed by atoms with van der Waals surface area (Å²) in [5, 5.41) is 21.2. The van der Waals surface area contributed by atoms with Gasteiger partial charge in [0.05, 0.1) is 23.0 Å². The fourth-order valence-corrected chi connectivity index (χ4v) is 6.01. The number of ether oxygens (including phenoxy) is 1. The number of hydrogen-bond acceptors (Lipinski definition) is 9. The smallest absolute Gasteiger partial charge is 0.272 e. The molecule has 0 radical (unpaired) electrons. The van der Waals surface area contributed by atoms with Gasteiger partial charge in [-0.1, -0.05) is 36.4 Å². The van der Waals surface area contributed by atoms with Gasteiger partial charge in [0.2, 0.25) is 5.91 Å². The van der Waals surface area contributed by atoms with E-state index in [4.69, 9.17) is 4.74 Å². The monoisotopic (exact) mass is 679 g/mol. The van der Waals surface area contributed by atoms with Gasteiger partial charge in [0.1, 0.15) is 11.4 Å². The SMILES string of the molecule is COc1cccc(-c2csc(NC(=O)C(C)Sc3cccc(NC(=O)/C(=C\c4ccc([N+](=O)[O-])cc4)NC(=O)c4ccccc4)c3)n2)c1. The van der Waals surface area contributed by atoms with Gasteiger partial charge in [0.15, 0.2) is 5.13 Å². The van der Waals surface area contributed by atoms with Crippen LogP contribution in [0, 0.1) is 10.1 Å². The van der Waals surface area contributed by atoms with Crippen molar-refractivity contribution in [1.29, 1.82) is 0 Å². The number of thiazole rings is 1. The summed E-state index contributed by atoms with van der Waals surface area (Å²) < 4.78 is 5.28. The zero-order valence-electron chi connectivity index (χ0n) is 25.7. The Morgan fingerprint density at radius 2 is 1.69 bits per heavy atom. The second kappa shape index (κ2) is 15.7. The number of hydrogen-bond donors (Lipinski definition) is 3. The molecule has 3 N–H and O–H groups in total. The highest BCUT2D eigenvalue weighted by molar-refractivity contribution is 8.00. The van der Waals surface area contributed by atoms with Gasteiger partial charge < -0.3 is 20.7 Å². The molecule has 0 saturated carbocycles. The molecule has 0 aliphatic rings. The van der Waals surface area contributed by atoms with Gasteiger partial charge in [-0.05, 0) is 73.2 Å². The van der Waals surface area contributed by atoms with E-state index in [2.05, 4.69) is 20.9 Å². The predicted molar refractivity (Wildman–Crippen MR) is 188 cm³/mol. The van der Waals surface area contributed by atoms with Crippen LogP contribution in [0.5, 0.6) is 5.75 Å². The summed E-state index contributed by atoms with van der Waals surface area (Å²) in [6.45, 7) is 1.77. The summed E-state index contributed by atoms with van der Waals surface area (Å²) in [7, 11) is 1.60. The number of non-ortho nitro benzene ring substituents is 1. The van der Waals surface area contributed by atoms with Crippen molar-refractivity contribution in [3.8, 4) is 17.0 Å². The highest BCUT2D eigenvalue weighted by Crippen LogP contribution is 2.30. The van der Waals surface area contributed by atoms with Crippen LogP contribution in [0.2, 0.25) is 0 Å². The van der Waals surface area contributed by atoms with Crippen molar-refractivity contribution in [3.63, 3.8) is 0 Å². The maximum Gasteiger partial charge on any atom is 0.272 e. The molecule has 242 valence electrons. The average Bonchev–Trinajstić information content (AvgIpc) is 3.57. The van der Waals surface area contributed by atoms with Crippen LogP contribution in [0.3, 0.4) is 0 Å². The molecule has 3 amide bonds. The standard InChI is InChI=1S/C35H29N5O6S2/c1-22(32(41)39-35-38-31(21-47-35)25-10-6-12-28(19-25)46-2)48-29-13-7-11-26(20-29)36-34(43)30(37-33(42)24-8-4-3-5-9-24)18-23-14-16-27(17-15-23)40(44)45/h3-22H,1-2H3,(H,36,43)(H,37,42)(H,38,39,41)/b30-18+. The number of methoxy groups -OCH3 is 1. The molecule has 0 fully saturated rings. The van der Waals surface area contributed by atoms with E-state index in [1.807, 2.05) is 35.7 Å². The quantitative estimate of drug-likeness (QED) is 0.0539. The molecule has 0 saturated heterocycles. The summed E-state index contributed by atoms with van der Waals surface area (Å²) >= 11 is 2.62. The molecule has 0 aliphatic carbocycles. The zero-order valence-corrected chi connectivity index (χ0v) is 27.3. The molecule has 0 aliphatic heterocycles. The molecule has 5 aromatic rings. The second-order valence-electron chi connectivity index (χ2n) is 10.2. The van der Waals surface area contributed by atoms with Gasteiger partial charge in [0.25, 0.3) is 17.5 Å². The van der Waals surface area contributed by atoms with Crippen LogP contribution in [-0.4, -0.2) is 40.0 Å². The molecule has 5 rings (SSSR count). The lowest BCUT2D eigenvalue weighted by atomic mass is 10.1. The Morgan fingerprint density at radius 1 is 0.938 bits per heavy atom. The number of anilines is 2. The van der Waals surface area contributed by atoms with Crippen LogP contribution in [-0.2, 0) is 9.59 Å². The van der Waals surface area contributed by atoms with Crippen molar-refractivity contribution in [2.75, 3.05) is 17.7 Å². The highest BCUT2D eigenvalue weighted by atomic mass is 32.2. The summed E-state index contributed by atoms with van der Waals surface area (Å²) in [5.41, 5.74) is 2.68. The third-order valence-electron chi connectivity index (χ3n) is 6.82. The fourth-order valence-electron chi connectivity index (χ4n) is 4.36. The molecule has 1 aromatic heterocycles. The molecular weight excluding hydrogens is 651 g/mol. The molecule has 0 spiro atoms. The minimum atomic E-state index is -0.610. The minimum absolute atomic E-state index is 0.0692. The third kappa shape index (κ3) is 8.93. The van der Waals surface area contributed by atoms with E-state index in [-0.39, 0.29) is 17.3 Å². The first-order valence-corrected chi connectivity index (χ1v) is 16.3. The largest absolute Gasteiger partial charge is 0.497 e. The van der Waals surface area contributed by atoms with Crippen LogP contribution in [0.4, 0.5) is 16.5 Å². The van der Waals surface area contributed by atoms with Crippen LogP contribution in [0.15, 0.2) is 119 Å². The second-order valence-corrected chi connectivity index (χ2v) is 12.5. The number of nitro benzene ring substituents is 1. The number of aromatic nitrogens is 1. The Balaban J connectivity index is 1.26.